The Balaban J connectivity index is 1.93. The highest BCUT2D eigenvalue weighted by molar-refractivity contribution is 5.83. The van der Waals surface area contributed by atoms with Gasteiger partial charge in [0.15, 0.2) is 0 Å². The van der Waals surface area contributed by atoms with Crippen molar-refractivity contribution in [3.8, 4) is 0 Å². The molecule has 0 radical (unpaired) electrons. The predicted molar refractivity (Wildman–Crippen MR) is 78.2 cm³/mol. The fourth-order valence-corrected chi connectivity index (χ4v) is 3.08. The van der Waals surface area contributed by atoms with Crippen LogP contribution in [0.3, 0.4) is 0 Å². The summed E-state index contributed by atoms with van der Waals surface area (Å²) in [5.74, 6) is 0.723. The standard InChI is InChI=1S/C15H27N3O2/c1-11(2)9-18(10-13-4-3-7-16-13)15(20)12-5-6-14(19)17-8-12/h11-13,16H,3-10H2,1-2H3,(H,17,19). The van der Waals surface area contributed by atoms with E-state index in [1.165, 1.54) is 6.42 Å². The number of hydrogen-bond acceptors (Lipinski definition) is 3. The second-order valence-electron chi connectivity index (χ2n) is 6.47. The quantitative estimate of drug-likeness (QED) is 0.782. The minimum Gasteiger partial charge on any atom is -0.355 e. The van der Waals surface area contributed by atoms with Crippen LogP contribution in [0.25, 0.3) is 0 Å². The fraction of sp³-hybridized carbons (Fsp3) is 0.867. The van der Waals surface area contributed by atoms with Gasteiger partial charge >= 0.3 is 0 Å². The monoisotopic (exact) mass is 281 g/mol. The largest absolute Gasteiger partial charge is 0.355 e. The zero-order valence-corrected chi connectivity index (χ0v) is 12.7. The third-order valence-electron chi connectivity index (χ3n) is 4.12. The number of carbonyl (C=O) groups is 2. The molecule has 0 spiro atoms. The number of nitrogens with zero attached hydrogens (tertiary/aromatic N) is 1. The van der Waals surface area contributed by atoms with Gasteiger partial charge in [-0.05, 0) is 31.7 Å². The smallest absolute Gasteiger partial charge is 0.227 e. The lowest BCUT2D eigenvalue weighted by Gasteiger charge is -2.32. The predicted octanol–water partition coefficient (Wildman–Crippen LogP) is 0.749. The van der Waals surface area contributed by atoms with Crippen LogP contribution in [0, 0.1) is 11.8 Å². The van der Waals surface area contributed by atoms with Crippen molar-refractivity contribution in [1.82, 2.24) is 15.5 Å². The van der Waals surface area contributed by atoms with E-state index in [1.807, 2.05) is 4.90 Å². The summed E-state index contributed by atoms with van der Waals surface area (Å²) >= 11 is 0. The molecule has 0 aromatic heterocycles. The van der Waals surface area contributed by atoms with E-state index < -0.39 is 0 Å². The van der Waals surface area contributed by atoms with Gasteiger partial charge in [-0.3, -0.25) is 9.59 Å². The first-order chi connectivity index (χ1) is 9.56. The first kappa shape index (κ1) is 15.3. The zero-order chi connectivity index (χ0) is 14.5. The van der Waals surface area contributed by atoms with Crippen LogP contribution in [0.2, 0.25) is 0 Å². The van der Waals surface area contributed by atoms with Crippen molar-refractivity contribution in [2.24, 2.45) is 11.8 Å². The molecular formula is C15H27N3O2. The lowest BCUT2D eigenvalue weighted by atomic mass is 9.97. The van der Waals surface area contributed by atoms with Gasteiger partial charge in [-0.2, -0.15) is 0 Å². The number of amides is 2. The van der Waals surface area contributed by atoms with Gasteiger partial charge < -0.3 is 15.5 Å². The second-order valence-corrected chi connectivity index (χ2v) is 6.47. The molecule has 5 nitrogen and oxygen atoms in total. The second kappa shape index (κ2) is 7.07. The van der Waals surface area contributed by atoms with Crippen molar-refractivity contribution in [2.75, 3.05) is 26.2 Å². The average molecular weight is 281 g/mol. The molecule has 0 aromatic rings. The van der Waals surface area contributed by atoms with Gasteiger partial charge in [-0.25, -0.2) is 0 Å². The van der Waals surface area contributed by atoms with E-state index in [4.69, 9.17) is 0 Å². The molecule has 2 unspecified atom stereocenters. The Hall–Kier alpha value is -1.10. The average Bonchev–Trinajstić information content (AvgIpc) is 2.90. The maximum Gasteiger partial charge on any atom is 0.227 e. The molecule has 2 aliphatic rings. The van der Waals surface area contributed by atoms with Gasteiger partial charge in [0.25, 0.3) is 0 Å². The SMILES string of the molecule is CC(C)CN(CC1CCCN1)C(=O)C1CCC(=O)NC1. The third-order valence-corrected chi connectivity index (χ3v) is 4.12. The van der Waals surface area contributed by atoms with E-state index in [0.29, 0.717) is 31.3 Å². The molecule has 5 heteroatoms. The lowest BCUT2D eigenvalue weighted by Crippen LogP contribution is -2.49. The van der Waals surface area contributed by atoms with Crippen molar-refractivity contribution in [1.29, 1.82) is 0 Å². The van der Waals surface area contributed by atoms with E-state index in [2.05, 4.69) is 24.5 Å². The van der Waals surface area contributed by atoms with Crippen molar-refractivity contribution in [3.05, 3.63) is 0 Å². The molecule has 2 N–H and O–H groups in total. The molecule has 114 valence electrons. The summed E-state index contributed by atoms with van der Waals surface area (Å²) in [4.78, 5) is 25.9. The van der Waals surface area contributed by atoms with E-state index in [9.17, 15) is 9.59 Å². The third kappa shape index (κ3) is 4.20. The molecule has 2 fully saturated rings. The Bertz CT molecular complexity index is 341. The molecule has 0 aliphatic carbocycles. The summed E-state index contributed by atoms with van der Waals surface area (Å²) in [5, 5.41) is 6.27. The summed E-state index contributed by atoms with van der Waals surface area (Å²) in [6, 6.07) is 0.441. The maximum absolute atomic E-state index is 12.7. The molecule has 2 heterocycles. The van der Waals surface area contributed by atoms with Crippen LogP contribution in [0.15, 0.2) is 0 Å². The molecular weight excluding hydrogens is 254 g/mol. The minimum absolute atomic E-state index is 0.0344. The molecule has 2 amide bonds. The van der Waals surface area contributed by atoms with Crippen molar-refractivity contribution in [3.63, 3.8) is 0 Å². The van der Waals surface area contributed by atoms with Crippen LogP contribution in [0.5, 0.6) is 0 Å². The molecule has 2 rings (SSSR count). The Morgan fingerprint density at radius 1 is 1.40 bits per heavy atom. The van der Waals surface area contributed by atoms with E-state index in [1.54, 1.807) is 0 Å². The fourth-order valence-electron chi connectivity index (χ4n) is 3.08. The van der Waals surface area contributed by atoms with Gasteiger partial charge in [0.1, 0.15) is 0 Å². The molecule has 2 atom stereocenters. The van der Waals surface area contributed by atoms with Crippen LogP contribution in [0.4, 0.5) is 0 Å². The van der Waals surface area contributed by atoms with Gasteiger partial charge in [0.05, 0.1) is 5.92 Å². The highest BCUT2D eigenvalue weighted by Crippen LogP contribution is 2.17. The molecule has 20 heavy (non-hydrogen) atoms. The molecule has 0 bridgehead atoms. The number of hydrogen-bond donors (Lipinski definition) is 2. The van der Waals surface area contributed by atoms with E-state index >= 15 is 0 Å². The van der Waals surface area contributed by atoms with E-state index in [-0.39, 0.29) is 17.7 Å². The van der Waals surface area contributed by atoms with Gasteiger partial charge in [-0.15, -0.1) is 0 Å². The highest BCUT2D eigenvalue weighted by atomic mass is 16.2. The molecule has 2 aliphatic heterocycles. The van der Waals surface area contributed by atoms with Crippen LogP contribution in [-0.4, -0.2) is 48.9 Å². The van der Waals surface area contributed by atoms with Crippen molar-refractivity contribution >= 4 is 11.8 Å². The van der Waals surface area contributed by atoms with Crippen LogP contribution >= 0.6 is 0 Å². The molecule has 0 saturated carbocycles. The first-order valence-corrected chi connectivity index (χ1v) is 7.85. The van der Waals surface area contributed by atoms with Crippen LogP contribution < -0.4 is 10.6 Å². The Kier molecular flexibility index (Phi) is 5.40. The maximum atomic E-state index is 12.7. The van der Waals surface area contributed by atoms with Gasteiger partial charge in [0, 0.05) is 32.1 Å². The topological polar surface area (TPSA) is 61.4 Å². The van der Waals surface area contributed by atoms with E-state index in [0.717, 1.165) is 26.1 Å². The highest BCUT2D eigenvalue weighted by Gasteiger charge is 2.30. The lowest BCUT2D eigenvalue weighted by molar-refractivity contribution is -0.138. The Labute approximate surface area is 121 Å². The number of carbonyl (C=O) groups excluding carboxylic acids is 2. The number of rotatable bonds is 5. The molecule has 0 aromatic carbocycles. The summed E-state index contributed by atoms with van der Waals surface area (Å²) in [5.41, 5.74) is 0. The van der Waals surface area contributed by atoms with Gasteiger partial charge in [0.2, 0.25) is 11.8 Å². The van der Waals surface area contributed by atoms with Crippen LogP contribution in [0.1, 0.15) is 39.5 Å². The minimum atomic E-state index is -0.0344. The Morgan fingerprint density at radius 3 is 2.75 bits per heavy atom. The Morgan fingerprint density at radius 2 is 2.20 bits per heavy atom. The number of nitrogens with one attached hydrogen (secondary N) is 2. The van der Waals surface area contributed by atoms with Crippen molar-refractivity contribution < 1.29 is 9.59 Å². The number of piperidine rings is 1. The summed E-state index contributed by atoms with van der Waals surface area (Å²) in [7, 11) is 0. The van der Waals surface area contributed by atoms with Gasteiger partial charge in [-0.1, -0.05) is 13.8 Å². The molecule has 2 saturated heterocycles. The summed E-state index contributed by atoms with van der Waals surface area (Å²) < 4.78 is 0. The zero-order valence-electron chi connectivity index (χ0n) is 12.7. The van der Waals surface area contributed by atoms with Crippen molar-refractivity contribution in [2.45, 2.75) is 45.6 Å². The normalized spacial score (nSPS) is 26.6. The summed E-state index contributed by atoms with van der Waals surface area (Å²) in [6.07, 6.45) is 3.53. The first-order valence-electron chi connectivity index (χ1n) is 7.85. The summed E-state index contributed by atoms with van der Waals surface area (Å²) in [6.45, 7) is 7.47. The van der Waals surface area contributed by atoms with Crippen LogP contribution in [-0.2, 0) is 9.59 Å².